The van der Waals surface area contributed by atoms with Crippen molar-refractivity contribution in [1.82, 2.24) is 0 Å². The number of rotatable bonds is 6. The molecule has 2 nitrogen and oxygen atoms in total. The Balaban J connectivity index is 2.65. The number of carbonyl (C=O) groups is 1. The van der Waals surface area contributed by atoms with E-state index in [2.05, 4.69) is 37.3 Å². The zero-order valence-electron chi connectivity index (χ0n) is 11.5. The van der Waals surface area contributed by atoms with E-state index in [4.69, 9.17) is 4.74 Å². The Morgan fingerprint density at radius 3 is 2.78 bits per heavy atom. The normalized spacial score (nSPS) is 11.4. The highest BCUT2D eigenvalue weighted by atomic mass is 16.5. The van der Waals surface area contributed by atoms with E-state index in [0.29, 0.717) is 6.61 Å². The lowest BCUT2D eigenvalue weighted by Crippen LogP contribution is -2.01. The largest absolute Gasteiger partial charge is 0.461 e. The van der Waals surface area contributed by atoms with Crippen molar-refractivity contribution in [1.29, 1.82) is 0 Å². The third-order valence-electron chi connectivity index (χ3n) is 2.69. The van der Waals surface area contributed by atoms with Gasteiger partial charge in [0.2, 0.25) is 0 Å². The maximum absolute atomic E-state index is 10.7. The van der Waals surface area contributed by atoms with Gasteiger partial charge < -0.3 is 4.74 Å². The summed E-state index contributed by atoms with van der Waals surface area (Å²) < 4.78 is 4.96. The van der Waals surface area contributed by atoms with E-state index in [0.717, 1.165) is 12.0 Å². The lowest BCUT2D eigenvalue weighted by atomic mass is 10.0. The molecular weight excluding hydrogens is 224 g/mol. The molecule has 0 bridgehead atoms. The van der Waals surface area contributed by atoms with E-state index < -0.39 is 0 Å². The third-order valence-corrected chi connectivity index (χ3v) is 2.69. The first-order valence-electron chi connectivity index (χ1n) is 6.51. The molecular formula is C16H22O2. The molecule has 1 aromatic rings. The number of hydrogen-bond donors (Lipinski definition) is 0. The first-order valence-corrected chi connectivity index (χ1v) is 6.51. The lowest BCUT2D eigenvalue weighted by Gasteiger charge is -2.04. The van der Waals surface area contributed by atoms with Gasteiger partial charge in [-0.15, -0.1) is 0 Å². The molecule has 0 aliphatic rings. The number of carbonyl (C=O) groups excluding carboxylic acids is 1. The Labute approximate surface area is 110 Å². The van der Waals surface area contributed by atoms with Crippen LogP contribution >= 0.6 is 0 Å². The van der Waals surface area contributed by atoms with Crippen LogP contribution in [0.2, 0.25) is 0 Å². The summed E-state index contributed by atoms with van der Waals surface area (Å²) in [6.45, 7) is 5.97. The van der Waals surface area contributed by atoms with E-state index >= 15 is 0 Å². The summed E-state index contributed by atoms with van der Waals surface area (Å²) >= 11 is 0. The molecule has 1 rings (SSSR count). The smallest absolute Gasteiger partial charge is 0.302 e. The first kappa shape index (κ1) is 14.5. The molecule has 0 radical (unpaired) electrons. The van der Waals surface area contributed by atoms with Gasteiger partial charge in [0.25, 0.3) is 0 Å². The predicted molar refractivity (Wildman–Crippen MR) is 75.3 cm³/mol. The van der Waals surface area contributed by atoms with Gasteiger partial charge >= 0.3 is 5.97 Å². The van der Waals surface area contributed by atoms with Crippen LogP contribution in [0.25, 0.3) is 6.08 Å². The van der Waals surface area contributed by atoms with Crippen LogP contribution in [0.1, 0.15) is 44.7 Å². The van der Waals surface area contributed by atoms with Crippen LogP contribution in [0, 0.1) is 0 Å². The molecule has 0 saturated heterocycles. The van der Waals surface area contributed by atoms with Gasteiger partial charge in [-0.2, -0.15) is 0 Å². The highest BCUT2D eigenvalue weighted by Gasteiger charge is 1.97. The lowest BCUT2D eigenvalue weighted by molar-refractivity contribution is -0.139. The predicted octanol–water partition coefficient (Wildman–Crippen LogP) is 4.00. The fourth-order valence-corrected chi connectivity index (χ4v) is 1.76. The summed E-state index contributed by atoms with van der Waals surface area (Å²) in [4.78, 5) is 10.7. The Morgan fingerprint density at radius 1 is 1.33 bits per heavy atom. The topological polar surface area (TPSA) is 26.3 Å². The molecule has 98 valence electrons. The Kier molecular flexibility index (Phi) is 6.20. The number of ether oxygens (including phenoxy) is 1. The van der Waals surface area contributed by atoms with Gasteiger partial charge in [0.15, 0.2) is 0 Å². The summed E-state index contributed by atoms with van der Waals surface area (Å²) in [6.07, 6.45) is 5.63. The maximum atomic E-state index is 10.7. The minimum atomic E-state index is -0.237. The first-order chi connectivity index (χ1) is 8.61. The molecule has 0 atom stereocenters. The van der Waals surface area contributed by atoms with Crippen molar-refractivity contribution in [2.75, 3.05) is 6.61 Å². The molecule has 0 fully saturated rings. The molecule has 1 aromatic carbocycles. The molecule has 0 unspecified atom stereocenters. The Bertz CT molecular complexity index is 419. The van der Waals surface area contributed by atoms with Gasteiger partial charge in [0.05, 0.1) is 0 Å². The number of esters is 1. The van der Waals surface area contributed by atoms with Crippen molar-refractivity contribution in [2.45, 2.75) is 40.0 Å². The molecule has 0 amide bonds. The minimum Gasteiger partial charge on any atom is -0.461 e. The van der Waals surface area contributed by atoms with E-state index in [1.807, 2.05) is 6.92 Å². The van der Waals surface area contributed by atoms with Gasteiger partial charge in [-0.25, -0.2) is 0 Å². The number of benzene rings is 1. The van der Waals surface area contributed by atoms with Crippen molar-refractivity contribution in [3.8, 4) is 0 Å². The molecule has 0 aliphatic carbocycles. The van der Waals surface area contributed by atoms with Crippen molar-refractivity contribution >= 4 is 12.0 Å². The Morgan fingerprint density at radius 2 is 2.11 bits per heavy atom. The second kappa shape index (κ2) is 7.70. The molecule has 0 aromatic heterocycles. The highest BCUT2D eigenvalue weighted by molar-refractivity contribution is 5.66. The van der Waals surface area contributed by atoms with Gasteiger partial charge in [-0.3, -0.25) is 4.79 Å². The van der Waals surface area contributed by atoms with Crippen LogP contribution in [0.5, 0.6) is 0 Å². The van der Waals surface area contributed by atoms with E-state index in [-0.39, 0.29) is 5.97 Å². The zero-order valence-corrected chi connectivity index (χ0v) is 11.5. The zero-order chi connectivity index (χ0) is 13.4. The number of hydrogen-bond acceptors (Lipinski definition) is 2. The summed E-state index contributed by atoms with van der Waals surface area (Å²) in [5, 5.41) is 0. The van der Waals surface area contributed by atoms with Gasteiger partial charge in [-0.1, -0.05) is 43.7 Å². The quantitative estimate of drug-likeness (QED) is 0.709. The number of unbranched alkanes of at least 4 members (excludes halogenated alkanes) is 1. The molecule has 0 saturated carbocycles. The third kappa shape index (κ3) is 5.67. The highest BCUT2D eigenvalue weighted by Crippen LogP contribution is 2.12. The van der Waals surface area contributed by atoms with E-state index in [1.165, 1.54) is 30.9 Å². The van der Waals surface area contributed by atoms with E-state index in [1.54, 1.807) is 0 Å². The van der Waals surface area contributed by atoms with Gasteiger partial charge in [0, 0.05) is 6.92 Å². The summed E-state index contributed by atoms with van der Waals surface area (Å²) in [7, 11) is 0. The van der Waals surface area contributed by atoms with Crippen LogP contribution in [0.3, 0.4) is 0 Å². The molecule has 0 N–H and O–H groups in total. The molecule has 0 heterocycles. The maximum Gasteiger partial charge on any atom is 0.302 e. The SMILES string of the molecule is CCCCc1cccc(C=C(C)COC(C)=O)c1. The van der Waals surface area contributed by atoms with Crippen LogP contribution in [-0.4, -0.2) is 12.6 Å². The average Bonchev–Trinajstić information content (AvgIpc) is 2.34. The van der Waals surface area contributed by atoms with Crippen LogP contribution in [0.4, 0.5) is 0 Å². The van der Waals surface area contributed by atoms with Crippen molar-refractivity contribution in [3.63, 3.8) is 0 Å². The van der Waals surface area contributed by atoms with Crippen LogP contribution in [0.15, 0.2) is 29.8 Å². The monoisotopic (exact) mass is 246 g/mol. The van der Waals surface area contributed by atoms with Crippen molar-refractivity contribution in [3.05, 3.63) is 41.0 Å². The number of aryl methyl sites for hydroxylation is 1. The second-order valence-corrected chi connectivity index (χ2v) is 4.62. The molecule has 2 heteroatoms. The summed E-state index contributed by atoms with van der Waals surface area (Å²) in [5.41, 5.74) is 3.59. The summed E-state index contributed by atoms with van der Waals surface area (Å²) in [5.74, 6) is -0.237. The van der Waals surface area contributed by atoms with Crippen molar-refractivity contribution in [2.24, 2.45) is 0 Å². The van der Waals surface area contributed by atoms with Crippen molar-refractivity contribution < 1.29 is 9.53 Å². The molecule has 0 aliphatic heterocycles. The molecule has 0 spiro atoms. The fourth-order valence-electron chi connectivity index (χ4n) is 1.76. The van der Waals surface area contributed by atoms with Crippen LogP contribution in [-0.2, 0) is 16.0 Å². The van der Waals surface area contributed by atoms with Gasteiger partial charge in [-0.05, 0) is 36.5 Å². The minimum absolute atomic E-state index is 0.237. The summed E-state index contributed by atoms with van der Waals surface area (Å²) in [6, 6.07) is 8.52. The average molecular weight is 246 g/mol. The Hall–Kier alpha value is -1.57. The van der Waals surface area contributed by atoms with Crippen LogP contribution < -0.4 is 0 Å². The van der Waals surface area contributed by atoms with E-state index in [9.17, 15) is 4.79 Å². The standard InChI is InChI=1S/C16H22O2/c1-4-5-7-15-8-6-9-16(11-15)10-13(2)12-18-14(3)17/h6,8-11H,4-5,7,12H2,1-3H3. The van der Waals surface area contributed by atoms with Gasteiger partial charge in [0.1, 0.15) is 6.61 Å². The second-order valence-electron chi connectivity index (χ2n) is 4.62. The fraction of sp³-hybridized carbons (Fsp3) is 0.438. The molecule has 18 heavy (non-hydrogen) atoms.